The lowest BCUT2D eigenvalue weighted by Crippen LogP contribution is -2.09. The Kier molecular flexibility index (Phi) is 9.41. The van der Waals surface area contributed by atoms with Crippen LogP contribution in [0.3, 0.4) is 0 Å². The summed E-state index contributed by atoms with van der Waals surface area (Å²) in [6, 6.07) is 0. The summed E-state index contributed by atoms with van der Waals surface area (Å²) >= 11 is 3.07. The van der Waals surface area contributed by atoms with E-state index in [-0.39, 0.29) is 5.37 Å². The standard InChI is InChI=1S/C10H17N3S2/c1-4-6-7-12-8-15-9(3)13-10(11)14-5-2/h4,6-9H,1,5H2,2-3H3,(H2,11,13)/b7-6+,12-8-. The van der Waals surface area contributed by atoms with Crippen LogP contribution in [0, 0.1) is 0 Å². The number of hydrogen-bond donors (Lipinski definition) is 1. The number of amidine groups is 1. The second-order valence-corrected chi connectivity index (χ2v) is 4.92. The van der Waals surface area contributed by atoms with Crippen molar-refractivity contribution in [2.24, 2.45) is 15.7 Å². The molecule has 3 nitrogen and oxygen atoms in total. The fourth-order valence-electron chi connectivity index (χ4n) is 0.664. The van der Waals surface area contributed by atoms with Gasteiger partial charge in [-0.3, -0.25) is 4.99 Å². The van der Waals surface area contributed by atoms with Gasteiger partial charge in [0, 0.05) is 6.20 Å². The second-order valence-electron chi connectivity index (χ2n) is 2.47. The van der Waals surface area contributed by atoms with Gasteiger partial charge in [-0.1, -0.05) is 43.1 Å². The third-order valence-corrected chi connectivity index (χ3v) is 2.66. The molecule has 0 saturated heterocycles. The molecule has 0 heterocycles. The van der Waals surface area contributed by atoms with E-state index in [4.69, 9.17) is 5.73 Å². The van der Waals surface area contributed by atoms with Gasteiger partial charge in [0.25, 0.3) is 0 Å². The zero-order chi connectivity index (χ0) is 11.5. The molecule has 0 fully saturated rings. The summed E-state index contributed by atoms with van der Waals surface area (Å²) in [5.41, 5.74) is 7.41. The van der Waals surface area contributed by atoms with Crippen molar-refractivity contribution in [2.75, 3.05) is 5.75 Å². The van der Waals surface area contributed by atoms with Gasteiger partial charge < -0.3 is 5.73 Å². The first-order valence-corrected chi connectivity index (χ1v) is 6.54. The van der Waals surface area contributed by atoms with E-state index in [0.29, 0.717) is 5.17 Å². The predicted octanol–water partition coefficient (Wildman–Crippen LogP) is 2.86. The van der Waals surface area contributed by atoms with Crippen LogP contribution in [0.4, 0.5) is 0 Å². The van der Waals surface area contributed by atoms with Crippen LogP contribution >= 0.6 is 23.5 Å². The topological polar surface area (TPSA) is 50.7 Å². The zero-order valence-corrected chi connectivity index (χ0v) is 10.7. The van der Waals surface area contributed by atoms with Crippen molar-refractivity contribution in [1.82, 2.24) is 0 Å². The molecule has 0 aliphatic heterocycles. The third kappa shape index (κ3) is 9.62. The molecule has 2 N–H and O–H groups in total. The highest BCUT2D eigenvalue weighted by Crippen LogP contribution is 2.10. The SMILES string of the molecule is C=C/C=C/N=C\SC(C)/N=C(\N)SCC. The molecule has 0 amide bonds. The summed E-state index contributed by atoms with van der Waals surface area (Å²) in [6.07, 6.45) is 5.13. The molecular weight excluding hydrogens is 226 g/mol. The minimum absolute atomic E-state index is 0.102. The van der Waals surface area contributed by atoms with Gasteiger partial charge in [0.15, 0.2) is 5.17 Å². The first-order valence-electron chi connectivity index (χ1n) is 4.61. The van der Waals surface area contributed by atoms with Crippen LogP contribution in [0.5, 0.6) is 0 Å². The maximum atomic E-state index is 5.66. The van der Waals surface area contributed by atoms with Crippen molar-refractivity contribution in [3.63, 3.8) is 0 Å². The van der Waals surface area contributed by atoms with E-state index in [2.05, 4.69) is 16.6 Å². The molecular formula is C10H17N3S2. The van der Waals surface area contributed by atoms with Crippen molar-refractivity contribution in [1.29, 1.82) is 0 Å². The van der Waals surface area contributed by atoms with E-state index in [0.717, 1.165) is 5.75 Å². The van der Waals surface area contributed by atoms with Crippen molar-refractivity contribution in [2.45, 2.75) is 19.2 Å². The highest BCUT2D eigenvalue weighted by molar-refractivity contribution is 8.14. The summed E-state index contributed by atoms with van der Waals surface area (Å²) in [5.74, 6) is 0.947. The van der Waals surface area contributed by atoms with Crippen LogP contribution in [-0.2, 0) is 0 Å². The third-order valence-electron chi connectivity index (χ3n) is 1.23. The maximum absolute atomic E-state index is 5.66. The molecule has 0 aliphatic carbocycles. The molecule has 0 saturated carbocycles. The van der Waals surface area contributed by atoms with Gasteiger partial charge in [-0.25, -0.2) is 4.99 Å². The Morgan fingerprint density at radius 1 is 1.60 bits per heavy atom. The smallest absolute Gasteiger partial charge is 0.155 e. The lowest BCUT2D eigenvalue weighted by molar-refractivity contribution is 1.05. The Balaban J connectivity index is 3.87. The average Bonchev–Trinajstić information content (AvgIpc) is 2.17. The Morgan fingerprint density at radius 3 is 2.93 bits per heavy atom. The van der Waals surface area contributed by atoms with Crippen molar-refractivity contribution in [3.05, 3.63) is 24.9 Å². The average molecular weight is 243 g/mol. The summed E-state index contributed by atoms with van der Waals surface area (Å²) in [5, 5.41) is 0.734. The van der Waals surface area contributed by atoms with Gasteiger partial charge >= 0.3 is 0 Å². The zero-order valence-electron chi connectivity index (χ0n) is 9.09. The molecule has 0 rings (SSSR count). The Bertz CT molecular complexity index is 259. The fourth-order valence-corrected chi connectivity index (χ4v) is 1.75. The molecule has 0 spiro atoms. The predicted molar refractivity (Wildman–Crippen MR) is 74.6 cm³/mol. The molecule has 1 atom stereocenters. The molecule has 15 heavy (non-hydrogen) atoms. The van der Waals surface area contributed by atoms with Crippen LogP contribution in [0.25, 0.3) is 0 Å². The van der Waals surface area contributed by atoms with E-state index < -0.39 is 0 Å². The van der Waals surface area contributed by atoms with E-state index in [1.54, 1.807) is 35.7 Å². The van der Waals surface area contributed by atoms with Crippen LogP contribution in [0.15, 0.2) is 34.9 Å². The molecule has 0 radical (unpaired) electrons. The highest BCUT2D eigenvalue weighted by atomic mass is 32.2. The summed E-state index contributed by atoms with van der Waals surface area (Å²) in [4.78, 5) is 8.29. The van der Waals surface area contributed by atoms with E-state index in [9.17, 15) is 0 Å². The molecule has 0 aromatic rings. The number of rotatable bonds is 6. The summed E-state index contributed by atoms with van der Waals surface area (Å²) < 4.78 is 0. The number of thioether (sulfide) groups is 2. The lowest BCUT2D eigenvalue weighted by atomic mass is 10.6. The lowest BCUT2D eigenvalue weighted by Gasteiger charge is -2.02. The quantitative estimate of drug-likeness (QED) is 0.443. The Labute approximate surface area is 100 Å². The molecule has 84 valence electrons. The second kappa shape index (κ2) is 9.86. The summed E-state index contributed by atoms with van der Waals surface area (Å²) in [7, 11) is 0. The summed E-state index contributed by atoms with van der Waals surface area (Å²) in [6.45, 7) is 7.58. The van der Waals surface area contributed by atoms with Crippen molar-refractivity contribution in [3.8, 4) is 0 Å². The number of allylic oxidation sites excluding steroid dienone is 2. The maximum Gasteiger partial charge on any atom is 0.155 e. The minimum atomic E-state index is 0.102. The Morgan fingerprint density at radius 2 is 2.33 bits per heavy atom. The van der Waals surface area contributed by atoms with Gasteiger partial charge in [-0.05, 0) is 18.8 Å². The molecule has 0 aromatic carbocycles. The first kappa shape index (κ1) is 14.3. The number of nitrogens with zero attached hydrogens (tertiary/aromatic N) is 2. The van der Waals surface area contributed by atoms with Gasteiger partial charge in [-0.15, -0.1) is 0 Å². The van der Waals surface area contributed by atoms with Gasteiger partial charge in [0.05, 0.1) is 5.55 Å². The van der Waals surface area contributed by atoms with Gasteiger partial charge in [0.1, 0.15) is 5.37 Å². The molecule has 0 aliphatic rings. The number of nitrogens with two attached hydrogens (primary N) is 1. The molecule has 0 aromatic heterocycles. The fraction of sp³-hybridized carbons (Fsp3) is 0.400. The van der Waals surface area contributed by atoms with Crippen LogP contribution in [0.1, 0.15) is 13.8 Å². The molecule has 1 unspecified atom stereocenters. The van der Waals surface area contributed by atoms with Gasteiger partial charge in [0.2, 0.25) is 0 Å². The van der Waals surface area contributed by atoms with E-state index >= 15 is 0 Å². The van der Waals surface area contributed by atoms with Crippen molar-refractivity contribution < 1.29 is 0 Å². The molecule has 5 heteroatoms. The Hall–Kier alpha value is -0.680. The monoisotopic (exact) mass is 243 g/mol. The minimum Gasteiger partial charge on any atom is -0.379 e. The van der Waals surface area contributed by atoms with Crippen LogP contribution < -0.4 is 5.73 Å². The highest BCUT2D eigenvalue weighted by Gasteiger charge is 1.98. The first-order chi connectivity index (χ1) is 7.20. The van der Waals surface area contributed by atoms with Crippen molar-refractivity contribution >= 4 is 34.2 Å². The van der Waals surface area contributed by atoms with Gasteiger partial charge in [-0.2, -0.15) is 0 Å². The van der Waals surface area contributed by atoms with E-state index in [1.807, 2.05) is 13.8 Å². The largest absolute Gasteiger partial charge is 0.379 e. The van der Waals surface area contributed by atoms with Crippen LogP contribution in [-0.4, -0.2) is 21.8 Å². The number of hydrogen-bond acceptors (Lipinski definition) is 4. The van der Waals surface area contributed by atoms with E-state index in [1.165, 1.54) is 11.8 Å². The number of aliphatic imine (C=N–C) groups is 2. The molecule has 0 bridgehead atoms. The normalized spacial score (nSPS) is 14.9. The van der Waals surface area contributed by atoms with Crippen LogP contribution in [0.2, 0.25) is 0 Å².